The average Bonchev–Trinajstić information content (AvgIpc) is 2.91. The van der Waals surface area contributed by atoms with Gasteiger partial charge in [0.2, 0.25) is 5.88 Å². The van der Waals surface area contributed by atoms with Crippen LogP contribution in [0.2, 0.25) is 0 Å². The van der Waals surface area contributed by atoms with E-state index in [1.54, 1.807) is 12.3 Å². The highest BCUT2D eigenvalue weighted by atomic mass is 16.5. The van der Waals surface area contributed by atoms with Gasteiger partial charge in [-0.25, -0.2) is 0 Å². The van der Waals surface area contributed by atoms with Crippen LogP contribution in [-0.4, -0.2) is 23.8 Å². The number of carboxylic acid groups (broad SMARTS) is 1. The smallest absolute Gasteiger partial charge is 0.305 e. The van der Waals surface area contributed by atoms with Gasteiger partial charge < -0.3 is 14.7 Å². The normalized spacial score (nSPS) is 15.0. The number of para-hydroxylation sites is 3. The molecule has 0 aliphatic carbocycles. The van der Waals surface area contributed by atoms with Gasteiger partial charge in [0, 0.05) is 18.8 Å². The molecule has 1 N–H and O–H groups in total. The summed E-state index contributed by atoms with van der Waals surface area (Å²) in [5.41, 5.74) is 1.71. The second kappa shape index (κ2) is 6.79. The zero-order valence-corrected chi connectivity index (χ0v) is 12.4. The molecule has 1 aliphatic rings. The number of fused-ring (bicyclic) bond motifs is 1. The van der Waals surface area contributed by atoms with Crippen molar-refractivity contribution in [1.29, 1.82) is 0 Å². The van der Waals surface area contributed by atoms with Gasteiger partial charge in [-0.2, -0.15) is 0 Å². The Bertz CT molecular complexity index is 754. The van der Waals surface area contributed by atoms with Crippen molar-refractivity contribution >= 4 is 23.6 Å². The van der Waals surface area contributed by atoms with Crippen LogP contribution in [0.15, 0.2) is 71.5 Å². The van der Waals surface area contributed by atoms with Crippen LogP contribution >= 0.6 is 0 Å². The number of hydrogen-bond acceptors (Lipinski definition) is 4. The van der Waals surface area contributed by atoms with Gasteiger partial charge in [0.25, 0.3) is 0 Å². The maximum Gasteiger partial charge on any atom is 0.305 e. The summed E-state index contributed by atoms with van der Waals surface area (Å²) in [5, 5.41) is 8.92. The molecule has 0 bridgehead atoms. The summed E-state index contributed by atoms with van der Waals surface area (Å²) >= 11 is 0. The first-order valence-corrected chi connectivity index (χ1v) is 7.29. The lowest BCUT2D eigenvalue weighted by molar-refractivity contribution is -0.136. The Kier molecular flexibility index (Phi) is 4.38. The third-order valence-corrected chi connectivity index (χ3v) is 3.38. The Morgan fingerprint density at radius 2 is 1.87 bits per heavy atom. The number of carbonyl (C=O) groups is 1. The number of nitrogens with zero attached hydrogens (tertiary/aromatic N) is 2. The molecule has 1 aliphatic heterocycles. The third-order valence-electron chi connectivity index (χ3n) is 3.38. The van der Waals surface area contributed by atoms with E-state index >= 15 is 0 Å². The van der Waals surface area contributed by atoms with Gasteiger partial charge in [-0.3, -0.25) is 9.79 Å². The molecule has 1 heterocycles. The molecule has 5 nitrogen and oxygen atoms in total. The predicted molar refractivity (Wildman–Crippen MR) is 89.3 cm³/mol. The van der Waals surface area contributed by atoms with Crippen LogP contribution in [0.3, 0.4) is 0 Å². The highest BCUT2D eigenvalue weighted by Gasteiger charge is 2.25. The molecule has 2 aromatic carbocycles. The fraction of sp³-hybridized carbons (Fsp3) is 0.111. The van der Waals surface area contributed by atoms with Crippen LogP contribution in [0.5, 0.6) is 5.75 Å². The van der Waals surface area contributed by atoms with Crippen molar-refractivity contribution in [1.82, 2.24) is 0 Å². The topological polar surface area (TPSA) is 62.1 Å². The molecule has 5 heteroatoms. The second-order valence-electron chi connectivity index (χ2n) is 4.98. The molecule has 0 saturated carbocycles. The van der Waals surface area contributed by atoms with Crippen molar-refractivity contribution in [2.75, 3.05) is 11.4 Å². The standard InChI is InChI=1S/C18H16N2O3/c21-18(22)11-13-20-15-8-4-5-9-16(15)23-17(20)10-12-19-14-6-2-1-3-7-14/h1-10,12H,11,13H2,(H,21,22)/b17-10+,19-12?. The van der Waals surface area contributed by atoms with Crippen molar-refractivity contribution in [3.63, 3.8) is 0 Å². The van der Waals surface area contributed by atoms with Crippen LogP contribution in [0.1, 0.15) is 6.42 Å². The quantitative estimate of drug-likeness (QED) is 0.857. The van der Waals surface area contributed by atoms with Crippen LogP contribution in [0.25, 0.3) is 0 Å². The SMILES string of the molecule is O=C(O)CCN1/C(=C\C=Nc2ccccc2)Oc2ccccc21. The summed E-state index contributed by atoms with van der Waals surface area (Å²) < 4.78 is 5.79. The predicted octanol–water partition coefficient (Wildman–Crippen LogP) is 3.60. The number of carboxylic acids is 1. The van der Waals surface area contributed by atoms with Crippen molar-refractivity contribution in [2.45, 2.75) is 6.42 Å². The molecule has 116 valence electrons. The minimum Gasteiger partial charge on any atom is -0.481 e. The lowest BCUT2D eigenvalue weighted by Crippen LogP contribution is -2.23. The van der Waals surface area contributed by atoms with E-state index in [0.717, 1.165) is 17.1 Å². The zero-order valence-electron chi connectivity index (χ0n) is 12.4. The number of anilines is 1. The average molecular weight is 308 g/mol. The van der Waals surface area contributed by atoms with Crippen LogP contribution < -0.4 is 9.64 Å². The molecule has 23 heavy (non-hydrogen) atoms. The minimum atomic E-state index is -0.841. The Balaban J connectivity index is 1.81. The maximum atomic E-state index is 10.9. The van der Waals surface area contributed by atoms with Gasteiger partial charge in [0.15, 0.2) is 5.75 Å². The monoisotopic (exact) mass is 308 g/mol. The molecule has 0 unspecified atom stereocenters. The van der Waals surface area contributed by atoms with E-state index in [9.17, 15) is 4.79 Å². The molecule has 3 rings (SSSR count). The van der Waals surface area contributed by atoms with Crippen molar-refractivity contribution in [3.8, 4) is 5.75 Å². The summed E-state index contributed by atoms with van der Waals surface area (Å²) in [6.07, 6.45) is 3.43. The number of hydrogen-bond donors (Lipinski definition) is 1. The van der Waals surface area contributed by atoms with E-state index in [1.807, 2.05) is 59.5 Å². The van der Waals surface area contributed by atoms with Gasteiger partial charge in [-0.15, -0.1) is 0 Å². The molecule has 0 atom stereocenters. The maximum absolute atomic E-state index is 10.9. The van der Waals surface area contributed by atoms with E-state index in [4.69, 9.17) is 9.84 Å². The summed E-state index contributed by atoms with van der Waals surface area (Å²) in [5.74, 6) is 0.455. The van der Waals surface area contributed by atoms with Crippen molar-refractivity contribution in [3.05, 3.63) is 66.6 Å². The molecule has 0 amide bonds. The third kappa shape index (κ3) is 3.58. The lowest BCUT2D eigenvalue weighted by atomic mass is 10.2. The van der Waals surface area contributed by atoms with E-state index in [2.05, 4.69) is 4.99 Å². The van der Waals surface area contributed by atoms with Crippen LogP contribution in [0, 0.1) is 0 Å². The van der Waals surface area contributed by atoms with Gasteiger partial charge in [-0.05, 0) is 24.3 Å². The molecule has 0 spiro atoms. The fourth-order valence-electron chi connectivity index (χ4n) is 2.32. The van der Waals surface area contributed by atoms with Crippen molar-refractivity contribution < 1.29 is 14.6 Å². The van der Waals surface area contributed by atoms with Gasteiger partial charge in [0.05, 0.1) is 17.8 Å². The Morgan fingerprint density at radius 3 is 2.65 bits per heavy atom. The first-order valence-electron chi connectivity index (χ1n) is 7.29. The molecule has 2 aromatic rings. The second-order valence-corrected chi connectivity index (χ2v) is 4.98. The number of ether oxygens (including phenoxy) is 1. The lowest BCUT2D eigenvalue weighted by Gasteiger charge is -2.16. The summed E-state index contributed by atoms with van der Waals surface area (Å²) in [4.78, 5) is 17.0. The zero-order chi connectivity index (χ0) is 16.1. The highest BCUT2D eigenvalue weighted by Crippen LogP contribution is 2.38. The molecule has 0 aromatic heterocycles. The first kappa shape index (κ1) is 14.8. The number of allylic oxidation sites excluding steroid dienone is 1. The largest absolute Gasteiger partial charge is 0.481 e. The number of aliphatic carboxylic acids is 1. The van der Waals surface area contributed by atoms with E-state index in [0.29, 0.717) is 12.4 Å². The van der Waals surface area contributed by atoms with Gasteiger partial charge in [0.1, 0.15) is 0 Å². The van der Waals surface area contributed by atoms with Gasteiger partial charge >= 0.3 is 5.97 Å². The van der Waals surface area contributed by atoms with Crippen LogP contribution in [-0.2, 0) is 4.79 Å². The Labute approximate surface area is 134 Å². The number of rotatable bonds is 5. The first-order chi connectivity index (χ1) is 11.2. The number of benzene rings is 2. The Morgan fingerprint density at radius 1 is 1.13 bits per heavy atom. The van der Waals surface area contributed by atoms with E-state index in [1.165, 1.54) is 0 Å². The van der Waals surface area contributed by atoms with E-state index in [-0.39, 0.29) is 6.42 Å². The summed E-state index contributed by atoms with van der Waals surface area (Å²) in [6, 6.07) is 17.1. The Hall–Kier alpha value is -3.08. The molecule has 0 saturated heterocycles. The van der Waals surface area contributed by atoms with E-state index < -0.39 is 5.97 Å². The molecular formula is C18H16N2O3. The molecule has 0 fully saturated rings. The molecular weight excluding hydrogens is 292 g/mol. The van der Waals surface area contributed by atoms with Gasteiger partial charge in [-0.1, -0.05) is 30.3 Å². The minimum absolute atomic E-state index is 0.0326. The fourth-order valence-corrected chi connectivity index (χ4v) is 2.32. The highest BCUT2D eigenvalue weighted by molar-refractivity contribution is 5.78. The summed E-state index contributed by atoms with van der Waals surface area (Å²) in [7, 11) is 0. The molecule has 0 radical (unpaired) electrons. The van der Waals surface area contributed by atoms with Crippen molar-refractivity contribution in [2.24, 2.45) is 4.99 Å². The summed E-state index contributed by atoms with van der Waals surface area (Å²) in [6.45, 7) is 0.345. The van der Waals surface area contributed by atoms with Crippen LogP contribution in [0.4, 0.5) is 11.4 Å². The number of aliphatic imine (C=N–C) groups is 1.